The van der Waals surface area contributed by atoms with E-state index in [2.05, 4.69) is 22.2 Å². The minimum Gasteiger partial charge on any atom is -0.495 e. The second-order valence-electron chi connectivity index (χ2n) is 7.33. The number of benzene rings is 2. The van der Waals surface area contributed by atoms with E-state index in [0.29, 0.717) is 11.6 Å². The normalized spacial score (nSPS) is 22.5. The number of carbonyl (C=O) groups is 1. The van der Waals surface area contributed by atoms with Crippen molar-refractivity contribution in [3.63, 3.8) is 0 Å². The Morgan fingerprint density at radius 1 is 1.14 bits per heavy atom. The summed E-state index contributed by atoms with van der Waals surface area (Å²) in [6.07, 6.45) is 6.13. The van der Waals surface area contributed by atoms with Crippen molar-refractivity contribution in [3.8, 4) is 5.75 Å². The monoisotopic (exact) mass is 432 g/mol. The molecular formula is C21H21ClN2O4S. The summed E-state index contributed by atoms with van der Waals surface area (Å²) in [7, 11) is -2.59. The molecule has 3 atom stereocenters. The van der Waals surface area contributed by atoms with Gasteiger partial charge in [-0.05, 0) is 55.0 Å². The minimum absolute atomic E-state index is 0.0755. The molecule has 0 heterocycles. The van der Waals surface area contributed by atoms with Gasteiger partial charge in [-0.1, -0.05) is 35.9 Å². The molecule has 29 heavy (non-hydrogen) atoms. The average Bonchev–Trinajstić information content (AvgIpc) is 3.33. The van der Waals surface area contributed by atoms with Crippen LogP contribution in [0.4, 0.5) is 11.4 Å². The third-order valence-corrected chi connectivity index (χ3v) is 7.17. The standard InChI is InChI=1S/C21H21ClN2O4S/c1-28-19-9-8-15(23-21(25)16-11-13-6-7-14(16)10-13)12-20(19)29(26,27)24-18-5-3-2-4-17(18)22/h2-9,12-14,16,24H,10-11H2,1H3,(H,23,25)/t13-,14-,16+/m0/s1. The van der Waals surface area contributed by atoms with Crippen molar-refractivity contribution in [1.29, 1.82) is 0 Å². The summed E-state index contributed by atoms with van der Waals surface area (Å²) in [6, 6.07) is 11.1. The number of fused-ring (bicyclic) bond motifs is 2. The van der Waals surface area contributed by atoms with E-state index in [4.69, 9.17) is 16.3 Å². The quantitative estimate of drug-likeness (QED) is 0.666. The van der Waals surface area contributed by atoms with Crippen LogP contribution < -0.4 is 14.8 Å². The number of carbonyl (C=O) groups excluding carboxylic acids is 1. The molecule has 2 aromatic rings. The number of allylic oxidation sites excluding steroid dienone is 2. The van der Waals surface area contributed by atoms with Gasteiger partial charge in [0.1, 0.15) is 10.6 Å². The third kappa shape index (κ3) is 3.97. The van der Waals surface area contributed by atoms with Crippen molar-refractivity contribution in [2.75, 3.05) is 17.1 Å². The topological polar surface area (TPSA) is 84.5 Å². The van der Waals surface area contributed by atoms with Gasteiger partial charge in [-0.2, -0.15) is 0 Å². The molecule has 8 heteroatoms. The number of nitrogens with one attached hydrogen (secondary N) is 2. The van der Waals surface area contributed by atoms with Crippen LogP contribution in [0.5, 0.6) is 5.75 Å². The van der Waals surface area contributed by atoms with Crippen LogP contribution in [0.25, 0.3) is 0 Å². The van der Waals surface area contributed by atoms with E-state index in [1.165, 1.54) is 19.2 Å². The molecule has 2 N–H and O–H groups in total. The highest BCUT2D eigenvalue weighted by Gasteiger charge is 2.39. The highest BCUT2D eigenvalue weighted by atomic mass is 35.5. The van der Waals surface area contributed by atoms with Crippen LogP contribution in [-0.4, -0.2) is 21.4 Å². The lowest BCUT2D eigenvalue weighted by Gasteiger charge is -2.18. The number of sulfonamides is 1. The number of para-hydroxylation sites is 1. The summed E-state index contributed by atoms with van der Waals surface area (Å²) in [4.78, 5) is 12.6. The van der Waals surface area contributed by atoms with E-state index in [9.17, 15) is 13.2 Å². The Balaban J connectivity index is 1.59. The Morgan fingerprint density at radius 3 is 2.59 bits per heavy atom. The van der Waals surface area contributed by atoms with Crippen LogP contribution in [0, 0.1) is 17.8 Å². The largest absolute Gasteiger partial charge is 0.495 e. The molecule has 0 aromatic heterocycles. The van der Waals surface area contributed by atoms with Gasteiger partial charge < -0.3 is 10.1 Å². The number of halogens is 1. The molecular weight excluding hydrogens is 412 g/mol. The predicted molar refractivity (Wildman–Crippen MR) is 113 cm³/mol. The van der Waals surface area contributed by atoms with Gasteiger partial charge in [-0.25, -0.2) is 8.42 Å². The highest BCUT2D eigenvalue weighted by Crippen LogP contribution is 2.44. The fraction of sp³-hybridized carbons (Fsp3) is 0.286. The molecule has 1 fully saturated rings. The highest BCUT2D eigenvalue weighted by molar-refractivity contribution is 7.92. The van der Waals surface area contributed by atoms with Gasteiger partial charge in [0.15, 0.2) is 0 Å². The molecule has 0 radical (unpaired) electrons. The second kappa shape index (κ2) is 7.72. The maximum absolute atomic E-state index is 13.0. The summed E-state index contributed by atoms with van der Waals surface area (Å²) in [6.45, 7) is 0. The first-order chi connectivity index (χ1) is 13.9. The number of rotatable bonds is 6. The first-order valence-electron chi connectivity index (χ1n) is 9.32. The molecule has 6 nitrogen and oxygen atoms in total. The fourth-order valence-corrected chi connectivity index (χ4v) is 5.54. The van der Waals surface area contributed by atoms with Crippen molar-refractivity contribution in [3.05, 3.63) is 59.6 Å². The smallest absolute Gasteiger partial charge is 0.265 e. The van der Waals surface area contributed by atoms with Crippen molar-refractivity contribution in [1.82, 2.24) is 0 Å². The van der Waals surface area contributed by atoms with Crippen molar-refractivity contribution < 1.29 is 17.9 Å². The van der Waals surface area contributed by atoms with Crippen molar-refractivity contribution in [2.45, 2.75) is 17.7 Å². The number of ether oxygens (including phenoxy) is 1. The Kier molecular flexibility index (Phi) is 5.27. The zero-order valence-corrected chi connectivity index (χ0v) is 17.3. The van der Waals surface area contributed by atoms with Crippen LogP contribution in [0.3, 0.4) is 0 Å². The van der Waals surface area contributed by atoms with Gasteiger partial charge in [-0.15, -0.1) is 0 Å². The lowest BCUT2D eigenvalue weighted by molar-refractivity contribution is -0.120. The first kappa shape index (κ1) is 19.8. The molecule has 2 aliphatic carbocycles. The molecule has 152 valence electrons. The summed E-state index contributed by atoms with van der Waals surface area (Å²) in [5, 5.41) is 3.14. The summed E-state index contributed by atoms with van der Waals surface area (Å²) in [5.41, 5.74) is 0.668. The fourth-order valence-electron chi connectivity index (χ4n) is 4.03. The van der Waals surface area contributed by atoms with E-state index in [1.807, 2.05) is 0 Å². The van der Waals surface area contributed by atoms with Crippen LogP contribution in [-0.2, 0) is 14.8 Å². The van der Waals surface area contributed by atoms with Gasteiger partial charge in [-0.3, -0.25) is 9.52 Å². The van der Waals surface area contributed by atoms with E-state index in [1.54, 1.807) is 30.3 Å². The molecule has 2 aromatic carbocycles. The maximum Gasteiger partial charge on any atom is 0.265 e. The van der Waals surface area contributed by atoms with Gasteiger partial charge in [0, 0.05) is 11.6 Å². The first-order valence-corrected chi connectivity index (χ1v) is 11.2. The Morgan fingerprint density at radius 2 is 1.93 bits per heavy atom. The Bertz CT molecular complexity index is 1080. The SMILES string of the molecule is COc1ccc(NC(=O)[C@@H]2C[C@H]3C=C[C@H]2C3)cc1S(=O)(=O)Nc1ccccc1Cl. The molecule has 1 amide bonds. The van der Waals surface area contributed by atoms with E-state index in [0.717, 1.165) is 12.8 Å². The summed E-state index contributed by atoms with van der Waals surface area (Å²) < 4.78 is 33.6. The predicted octanol–water partition coefficient (Wildman–Crippen LogP) is 4.30. The van der Waals surface area contributed by atoms with Gasteiger partial charge in [0.2, 0.25) is 5.91 Å². The van der Waals surface area contributed by atoms with Crippen molar-refractivity contribution >= 4 is 38.9 Å². The summed E-state index contributed by atoms with van der Waals surface area (Å²) >= 11 is 6.07. The Labute approximate surface area is 175 Å². The molecule has 0 aliphatic heterocycles. The molecule has 0 unspecified atom stereocenters. The molecule has 4 rings (SSSR count). The number of anilines is 2. The zero-order chi connectivity index (χ0) is 20.6. The lowest BCUT2D eigenvalue weighted by Crippen LogP contribution is -2.26. The molecule has 2 bridgehead atoms. The number of hydrogen-bond acceptors (Lipinski definition) is 4. The zero-order valence-electron chi connectivity index (χ0n) is 15.8. The molecule has 2 aliphatic rings. The average molecular weight is 433 g/mol. The van der Waals surface area contributed by atoms with Crippen molar-refractivity contribution in [2.24, 2.45) is 17.8 Å². The van der Waals surface area contributed by atoms with Crippen LogP contribution in [0.2, 0.25) is 5.02 Å². The van der Waals surface area contributed by atoms with Gasteiger partial charge >= 0.3 is 0 Å². The number of methoxy groups -OCH3 is 1. The van der Waals surface area contributed by atoms with E-state index in [-0.39, 0.29) is 39.1 Å². The lowest BCUT2D eigenvalue weighted by atomic mass is 9.93. The van der Waals surface area contributed by atoms with Crippen LogP contribution in [0.1, 0.15) is 12.8 Å². The van der Waals surface area contributed by atoms with Gasteiger partial charge in [0.05, 0.1) is 17.8 Å². The molecule has 0 spiro atoms. The van der Waals surface area contributed by atoms with Crippen LogP contribution >= 0.6 is 11.6 Å². The maximum atomic E-state index is 13.0. The minimum atomic E-state index is -3.99. The van der Waals surface area contributed by atoms with Gasteiger partial charge in [0.25, 0.3) is 10.0 Å². The summed E-state index contributed by atoms with van der Waals surface area (Å²) in [5.74, 6) is 0.749. The molecule has 1 saturated carbocycles. The van der Waals surface area contributed by atoms with E-state index >= 15 is 0 Å². The third-order valence-electron chi connectivity index (χ3n) is 5.45. The second-order valence-corrected chi connectivity index (χ2v) is 9.38. The number of amides is 1. The Hall–Kier alpha value is -2.51. The molecule has 0 saturated heterocycles. The van der Waals surface area contributed by atoms with E-state index < -0.39 is 10.0 Å². The number of hydrogen-bond donors (Lipinski definition) is 2. The van der Waals surface area contributed by atoms with Crippen LogP contribution in [0.15, 0.2) is 59.5 Å².